The molecule has 14 heavy (non-hydrogen) atoms. The predicted molar refractivity (Wildman–Crippen MR) is 56.5 cm³/mol. The molecular weight excluding hydrogens is 200 g/mol. The van der Waals surface area contributed by atoms with Crippen molar-refractivity contribution in [2.24, 2.45) is 0 Å². The van der Waals surface area contributed by atoms with Gasteiger partial charge in [0.05, 0.1) is 12.5 Å². The van der Waals surface area contributed by atoms with Crippen LogP contribution in [-0.2, 0) is 9.53 Å². The van der Waals surface area contributed by atoms with E-state index in [0.717, 1.165) is 5.56 Å². The second kappa shape index (κ2) is 5.01. The van der Waals surface area contributed by atoms with Gasteiger partial charge in [0.15, 0.2) is 0 Å². The Balaban J connectivity index is 2.78. The van der Waals surface area contributed by atoms with Crippen molar-refractivity contribution in [2.75, 3.05) is 6.61 Å². The van der Waals surface area contributed by atoms with Crippen LogP contribution in [0.2, 0.25) is 5.02 Å². The average Bonchev–Trinajstić information content (AvgIpc) is 2.17. The minimum Gasteiger partial charge on any atom is -0.466 e. The molecular formula is C11H13ClO2. The van der Waals surface area contributed by atoms with Gasteiger partial charge < -0.3 is 4.74 Å². The lowest BCUT2D eigenvalue weighted by molar-refractivity contribution is -0.144. The van der Waals surface area contributed by atoms with Gasteiger partial charge in [-0.1, -0.05) is 23.7 Å². The van der Waals surface area contributed by atoms with E-state index in [9.17, 15) is 4.79 Å². The van der Waals surface area contributed by atoms with E-state index in [-0.39, 0.29) is 11.9 Å². The summed E-state index contributed by atoms with van der Waals surface area (Å²) in [4.78, 5) is 11.4. The van der Waals surface area contributed by atoms with Gasteiger partial charge in [0.2, 0.25) is 0 Å². The minimum atomic E-state index is -0.256. The van der Waals surface area contributed by atoms with Gasteiger partial charge in [0.25, 0.3) is 0 Å². The third kappa shape index (κ3) is 2.74. The van der Waals surface area contributed by atoms with Crippen LogP contribution in [-0.4, -0.2) is 12.6 Å². The molecule has 0 saturated carbocycles. The summed E-state index contributed by atoms with van der Waals surface area (Å²) in [6.07, 6.45) is 0. The maximum absolute atomic E-state index is 11.4. The summed E-state index contributed by atoms with van der Waals surface area (Å²) in [6.45, 7) is 4.01. The van der Waals surface area contributed by atoms with Gasteiger partial charge in [0.1, 0.15) is 0 Å². The lowest BCUT2D eigenvalue weighted by atomic mass is 10.0. The fraction of sp³-hybridized carbons (Fsp3) is 0.364. The first-order valence-electron chi connectivity index (χ1n) is 4.57. The van der Waals surface area contributed by atoms with Gasteiger partial charge >= 0.3 is 5.97 Å². The van der Waals surface area contributed by atoms with E-state index in [0.29, 0.717) is 11.6 Å². The number of ether oxygens (including phenoxy) is 1. The van der Waals surface area contributed by atoms with Crippen molar-refractivity contribution in [3.63, 3.8) is 0 Å². The van der Waals surface area contributed by atoms with E-state index in [1.54, 1.807) is 19.1 Å². The Bertz CT molecular complexity index is 323. The molecule has 1 atom stereocenters. The Morgan fingerprint density at radius 2 is 2.29 bits per heavy atom. The van der Waals surface area contributed by atoms with Gasteiger partial charge in [0, 0.05) is 5.02 Å². The summed E-state index contributed by atoms with van der Waals surface area (Å²) < 4.78 is 4.92. The van der Waals surface area contributed by atoms with Crippen molar-refractivity contribution < 1.29 is 9.53 Å². The summed E-state index contributed by atoms with van der Waals surface area (Å²) >= 11 is 5.82. The number of halogens is 1. The average molecular weight is 213 g/mol. The largest absolute Gasteiger partial charge is 0.466 e. The minimum absolute atomic E-state index is 0.213. The fourth-order valence-corrected chi connectivity index (χ4v) is 1.38. The predicted octanol–water partition coefficient (Wildman–Crippen LogP) is 3.01. The molecule has 0 aromatic heterocycles. The summed E-state index contributed by atoms with van der Waals surface area (Å²) in [5.41, 5.74) is 0.885. The molecule has 1 aromatic rings. The van der Waals surface area contributed by atoms with Crippen molar-refractivity contribution in [3.8, 4) is 0 Å². The zero-order valence-electron chi connectivity index (χ0n) is 8.29. The second-order valence-electron chi connectivity index (χ2n) is 3.03. The van der Waals surface area contributed by atoms with E-state index >= 15 is 0 Å². The second-order valence-corrected chi connectivity index (χ2v) is 3.47. The SMILES string of the molecule is CCOC(=O)[C@@H](C)c1cccc(Cl)c1. The summed E-state index contributed by atoms with van der Waals surface area (Å²) in [5, 5.41) is 0.638. The molecule has 0 aliphatic heterocycles. The van der Waals surface area contributed by atoms with Crippen LogP contribution in [0.3, 0.4) is 0 Å². The molecule has 0 radical (unpaired) electrons. The molecule has 0 saturated heterocycles. The van der Waals surface area contributed by atoms with Crippen LogP contribution in [0.1, 0.15) is 25.3 Å². The number of hydrogen-bond acceptors (Lipinski definition) is 2. The number of esters is 1. The van der Waals surface area contributed by atoms with Crippen LogP contribution in [0.4, 0.5) is 0 Å². The molecule has 0 aliphatic carbocycles. The number of benzene rings is 1. The van der Waals surface area contributed by atoms with Crippen LogP contribution in [0.5, 0.6) is 0 Å². The van der Waals surface area contributed by atoms with Crippen LogP contribution in [0.25, 0.3) is 0 Å². The van der Waals surface area contributed by atoms with Crippen LogP contribution in [0.15, 0.2) is 24.3 Å². The highest BCUT2D eigenvalue weighted by Gasteiger charge is 2.15. The molecule has 0 N–H and O–H groups in total. The highest BCUT2D eigenvalue weighted by Crippen LogP contribution is 2.20. The Morgan fingerprint density at radius 1 is 1.57 bits per heavy atom. The van der Waals surface area contributed by atoms with Crippen molar-refractivity contribution in [3.05, 3.63) is 34.9 Å². The smallest absolute Gasteiger partial charge is 0.313 e. The Hall–Kier alpha value is -1.02. The Labute approximate surface area is 88.8 Å². The highest BCUT2D eigenvalue weighted by atomic mass is 35.5. The number of carbonyl (C=O) groups is 1. The van der Waals surface area contributed by atoms with Crippen molar-refractivity contribution in [2.45, 2.75) is 19.8 Å². The standard InChI is InChI=1S/C11H13ClO2/c1-3-14-11(13)8(2)9-5-4-6-10(12)7-9/h4-8H,3H2,1-2H3/t8-/m0/s1. The topological polar surface area (TPSA) is 26.3 Å². The molecule has 0 bridgehead atoms. The first-order chi connectivity index (χ1) is 6.65. The van der Waals surface area contributed by atoms with Gasteiger partial charge in [-0.05, 0) is 31.5 Å². The maximum atomic E-state index is 11.4. The van der Waals surface area contributed by atoms with E-state index in [4.69, 9.17) is 16.3 Å². The summed E-state index contributed by atoms with van der Waals surface area (Å²) in [7, 11) is 0. The monoisotopic (exact) mass is 212 g/mol. The van der Waals surface area contributed by atoms with Crippen molar-refractivity contribution in [1.29, 1.82) is 0 Å². The van der Waals surface area contributed by atoms with E-state index in [2.05, 4.69) is 0 Å². The zero-order valence-corrected chi connectivity index (χ0v) is 9.04. The fourth-order valence-electron chi connectivity index (χ4n) is 1.18. The normalized spacial score (nSPS) is 12.2. The molecule has 2 nitrogen and oxygen atoms in total. The lowest BCUT2D eigenvalue weighted by Crippen LogP contribution is -2.12. The van der Waals surface area contributed by atoms with Gasteiger partial charge in [-0.3, -0.25) is 4.79 Å². The lowest BCUT2D eigenvalue weighted by Gasteiger charge is -2.10. The summed E-state index contributed by atoms with van der Waals surface area (Å²) in [6, 6.07) is 7.26. The third-order valence-electron chi connectivity index (χ3n) is 1.99. The molecule has 0 heterocycles. The zero-order chi connectivity index (χ0) is 10.6. The molecule has 1 aromatic carbocycles. The molecule has 76 valence electrons. The first kappa shape index (κ1) is 11.1. The molecule has 0 spiro atoms. The van der Waals surface area contributed by atoms with Crippen molar-refractivity contribution in [1.82, 2.24) is 0 Å². The molecule has 0 amide bonds. The highest BCUT2D eigenvalue weighted by molar-refractivity contribution is 6.30. The van der Waals surface area contributed by atoms with E-state index in [1.807, 2.05) is 19.1 Å². The van der Waals surface area contributed by atoms with Crippen LogP contribution in [0, 0.1) is 0 Å². The Morgan fingerprint density at radius 3 is 2.86 bits per heavy atom. The summed E-state index contributed by atoms with van der Waals surface area (Å²) in [5.74, 6) is -0.469. The van der Waals surface area contributed by atoms with Crippen molar-refractivity contribution >= 4 is 17.6 Å². The maximum Gasteiger partial charge on any atom is 0.313 e. The van der Waals surface area contributed by atoms with E-state index in [1.165, 1.54) is 0 Å². The number of rotatable bonds is 3. The van der Waals surface area contributed by atoms with E-state index < -0.39 is 0 Å². The quantitative estimate of drug-likeness (QED) is 0.720. The molecule has 0 fully saturated rings. The Kier molecular flexibility index (Phi) is 3.96. The molecule has 1 rings (SSSR count). The third-order valence-corrected chi connectivity index (χ3v) is 2.22. The number of hydrogen-bond donors (Lipinski definition) is 0. The molecule has 0 unspecified atom stereocenters. The van der Waals surface area contributed by atoms with Crippen LogP contribution >= 0.6 is 11.6 Å². The molecule has 0 aliphatic rings. The van der Waals surface area contributed by atoms with Gasteiger partial charge in [-0.25, -0.2) is 0 Å². The van der Waals surface area contributed by atoms with Crippen LogP contribution < -0.4 is 0 Å². The van der Waals surface area contributed by atoms with Gasteiger partial charge in [-0.15, -0.1) is 0 Å². The van der Waals surface area contributed by atoms with Gasteiger partial charge in [-0.2, -0.15) is 0 Å². The first-order valence-corrected chi connectivity index (χ1v) is 4.95. The number of carbonyl (C=O) groups excluding carboxylic acids is 1. The molecule has 3 heteroatoms.